The highest BCUT2D eigenvalue weighted by Crippen LogP contribution is 1.92. The zero-order valence-corrected chi connectivity index (χ0v) is 9.04. The smallest absolute Gasteiger partial charge is 0.324 e. The molecule has 0 aromatic rings. The van der Waals surface area contributed by atoms with Crippen molar-refractivity contribution in [2.24, 2.45) is 11.7 Å². The van der Waals surface area contributed by atoms with Gasteiger partial charge < -0.3 is 11.1 Å². The lowest BCUT2D eigenvalue weighted by atomic mass is 10.2. The van der Waals surface area contributed by atoms with Gasteiger partial charge in [0.2, 0.25) is 5.91 Å². The number of amides is 3. The summed E-state index contributed by atoms with van der Waals surface area (Å²) in [6.45, 7) is 6.44. The van der Waals surface area contributed by atoms with Gasteiger partial charge in [-0.15, -0.1) is 0 Å². The van der Waals surface area contributed by atoms with Crippen LogP contribution in [0.3, 0.4) is 0 Å². The molecule has 0 unspecified atom stereocenters. The Morgan fingerprint density at radius 1 is 1.43 bits per heavy atom. The molecule has 0 spiro atoms. The second-order valence-electron chi connectivity index (χ2n) is 3.54. The minimum absolute atomic E-state index is 0.263. The third kappa shape index (κ3) is 4.81. The third-order valence-corrected chi connectivity index (χ3v) is 1.64. The summed E-state index contributed by atoms with van der Waals surface area (Å²) in [5.41, 5.74) is 5.29. The van der Waals surface area contributed by atoms with Gasteiger partial charge in [-0.3, -0.25) is 9.69 Å². The van der Waals surface area contributed by atoms with E-state index in [1.807, 2.05) is 13.8 Å². The highest BCUT2D eigenvalue weighted by Gasteiger charge is 2.16. The van der Waals surface area contributed by atoms with E-state index in [2.05, 4.69) is 5.32 Å². The van der Waals surface area contributed by atoms with Gasteiger partial charge in [0.25, 0.3) is 0 Å². The van der Waals surface area contributed by atoms with Gasteiger partial charge in [-0.25, -0.2) is 4.79 Å². The molecule has 0 rings (SSSR count). The van der Waals surface area contributed by atoms with E-state index >= 15 is 0 Å². The van der Waals surface area contributed by atoms with Gasteiger partial charge in [0, 0.05) is 26.6 Å². The summed E-state index contributed by atoms with van der Waals surface area (Å²) < 4.78 is 0. The Balaban J connectivity index is 4.09. The summed E-state index contributed by atoms with van der Waals surface area (Å²) in [7, 11) is 0. The summed E-state index contributed by atoms with van der Waals surface area (Å²) in [4.78, 5) is 23.6. The number of carbonyl (C=O) groups excluding carboxylic acids is 2. The van der Waals surface area contributed by atoms with Crippen LogP contribution in [0.5, 0.6) is 0 Å². The number of imide groups is 1. The molecule has 0 atom stereocenters. The lowest BCUT2D eigenvalue weighted by Crippen LogP contribution is -2.45. The third-order valence-electron chi connectivity index (χ3n) is 1.64. The molecule has 5 heteroatoms. The minimum atomic E-state index is -0.364. The molecule has 5 nitrogen and oxygen atoms in total. The highest BCUT2D eigenvalue weighted by atomic mass is 16.2. The van der Waals surface area contributed by atoms with Gasteiger partial charge >= 0.3 is 6.03 Å². The zero-order chi connectivity index (χ0) is 11.1. The topological polar surface area (TPSA) is 75.4 Å². The molecule has 3 amide bonds. The van der Waals surface area contributed by atoms with Gasteiger partial charge in [0.05, 0.1) is 0 Å². The SMILES string of the molecule is CC(=O)N(CCN)C(=O)NCC(C)C. The first-order valence-corrected chi connectivity index (χ1v) is 4.75. The molecule has 0 saturated heterocycles. The molecule has 0 aromatic heterocycles. The number of rotatable bonds is 4. The summed E-state index contributed by atoms with van der Waals surface area (Å²) in [6, 6.07) is -0.364. The molecule has 0 radical (unpaired) electrons. The fourth-order valence-corrected chi connectivity index (χ4v) is 0.918. The molecule has 0 heterocycles. The average molecular weight is 201 g/mol. The maximum Gasteiger partial charge on any atom is 0.324 e. The molecule has 0 aliphatic carbocycles. The second-order valence-corrected chi connectivity index (χ2v) is 3.54. The molecule has 82 valence electrons. The van der Waals surface area contributed by atoms with Crippen LogP contribution in [0.4, 0.5) is 4.79 Å². The largest absolute Gasteiger partial charge is 0.337 e. The van der Waals surface area contributed by atoms with Gasteiger partial charge in [0.15, 0.2) is 0 Å². The first-order valence-electron chi connectivity index (χ1n) is 4.75. The summed E-state index contributed by atoms with van der Waals surface area (Å²) in [5, 5.41) is 2.66. The van der Waals surface area contributed by atoms with E-state index in [4.69, 9.17) is 5.73 Å². The van der Waals surface area contributed by atoms with Gasteiger partial charge in [0.1, 0.15) is 0 Å². The standard InChI is InChI=1S/C9H19N3O2/c1-7(2)6-11-9(14)12(5-4-10)8(3)13/h7H,4-6,10H2,1-3H3,(H,11,14). The van der Waals surface area contributed by atoms with E-state index in [1.54, 1.807) is 0 Å². The van der Waals surface area contributed by atoms with Crippen molar-refractivity contribution >= 4 is 11.9 Å². The fourth-order valence-electron chi connectivity index (χ4n) is 0.918. The molecule has 0 aliphatic rings. The Bertz CT molecular complexity index is 204. The zero-order valence-electron chi connectivity index (χ0n) is 9.04. The molecule has 0 saturated carbocycles. The first kappa shape index (κ1) is 12.9. The molecule has 0 aromatic carbocycles. The lowest BCUT2D eigenvalue weighted by Gasteiger charge is -2.19. The van der Waals surface area contributed by atoms with E-state index < -0.39 is 0 Å². The quantitative estimate of drug-likeness (QED) is 0.680. The number of nitrogens with two attached hydrogens (primary N) is 1. The molecular weight excluding hydrogens is 182 g/mol. The minimum Gasteiger partial charge on any atom is -0.337 e. The number of urea groups is 1. The van der Waals surface area contributed by atoms with Crippen LogP contribution in [0.2, 0.25) is 0 Å². The monoisotopic (exact) mass is 201 g/mol. The number of nitrogens with one attached hydrogen (secondary N) is 1. The van der Waals surface area contributed by atoms with Crippen molar-refractivity contribution in [3.63, 3.8) is 0 Å². The van der Waals surface area contributed by atoms with Crippen LogP contribution >= 0.6 is 0 Å². The number of hydrogen-bond donors (Lipinski definition) is 2. The van der Waals surface area contributed by atoms with Crippen LogP contribution in [0.25, 0.3) is 0 Å². The molecule has 3 N–H and O–H groups in total. The van der Waals surface area contributed by atoms with Crippen molar-refractivity contribution < 1.29 is 9.59 Å². The number of carbonyl (C=O) groups is 2. The molecule has 14 heavy (non-hydrogen) atoms. The number of nitrogens with zero attached hydrogens (tertiary/aromatic N) is 1. The molecule has 0 bridgehead atoms. The van der Waals surface area contributed by atoms with Crippen molar-refractivity contribution in [1.82, 2.24) is 10.2 Å². The van der Waals surface area contributed by atoms with Crippen molar-refractivity contribution in [3.8, 4) is 0 Å². The van der Waals surface area contributed by atoms with Crippen LogP contribution in [0, 0.1) is 5.92 Å². The summed E-state index contributed by atoms with van der Waals surface area (Å²) in [5.74, 6) is 0.0855. The van der Waals surface area contributed by atoms with Crippen molar-refractivity contribution in [1.29, 1.82) is 0 Å². The van der Waals surface area contributed by atoms with Crippen LogP contribution in [-0.2, 0) is 4.79 Å². The summed E-state index contributed by atoms with van der Waals surface area (Å²) in [6.07, 6.45) is 0. The van der Waals surface area contributed by atoms with Crippen molar-refractivity contribution in [2.75, 3.05) is 19.6 Å². The maximum atomic E-state index is 11.4. The van der Waals surface area contributed by atoms with E-state index in [-0.39, 0.29) is 25.0 Å². The Kier molecular flexibility index (Phi) is 5.87. The Morgan fingerprint density at radius 2 is 2.00 bits per heavy atom. The van der Waals surface area contributed by atoms with Crippen LogP contribution in [0.1, 0.15) is 20.8 Å². The van der Waals surface area contributed by atoms with Crippen LogP contribution in [-0.4, -0.2) is 36.5 Å². The van der Waals surface area contributed by atoms with Crippen LogP contribution < -0.4 is 11.1 Å². The van der Waals surface area contributed by atoms with Crippen molar-refractivity contribution in [2.45, 2.75) is 20.8 Å². The normalized spacial score (nSPS) is 10.1. The Labute approximate surface area is 84.6 Å². The lowest BCUT2D eigenvalue weighted by molar-refractivity contribution is -0.125. The van der Waals surface area contributed by atoms with Gasteiger partial charge in [-0.2, -0.15) is 0 Å². The van der Waals surface area contributed by atoms with Gasteiger partial charge in [-0.05, 0) is 5.92 Å². The van der Waals surface area contributed by atoms with Crippen LogP contribution in [0.15, 0.2) is 0 Å². The highest BCUT2D eigenvalue weighted by molar-refractivity contribution is 5.93. The first-order chi connectivity index (χ1) is 6.49. The fraction of sp³-hybridized carbons (Fsp3) is 0.778. The van der Waals surface area contributed by atoms with Gasteiger partial charge in [-0.1, -0.05) is 13.8 Å². The Morgan fingerprint density at radius 3 is 2.36 bits per heavy atom. The molecule has 0 fully saturated rings. The predicted molar refractivity (Wildman–Crippen MR) is 54.7 cm³/mol. The second kappa shape index (κ2) is 6.37. The Hall–Kier alpha value is -1.10. The van der Waals surface area contributed by atoms with E-state index in [0.717, 1.165) is 4.90 Å². The molecular formula is C9H19N3O2. The average Bonchev–Trinajstić information content (AvgIpc) is 2.09. The predicted octanol–water partition coefficient (Wildman–Crippen LogP) is 0.159. The number of hydrogen-bond acceptors (Lipinski definition) is 3. The maximum absolute atomic E-state index is 11.4. The van der Waals surface area contributed by atoms with E-state index in [0.29, 0.717) is 12.5 Å². The summed E-state index contributed by atoms with van der Waals surface area (Å²) >= 11 is 0. The van der Waals surface area contributed by atoms with E-state index in [9.17, 15) is 9.59 Å². The molecule has 0 aliphatic heterocycles. The van der Waals surface area contributed by atoms with Crippen molar-refractivity contribution in [3.05, 3.63) is 0 Å². The van der Waals surface area contributed by atoms with E-state index in [1.165, 1.54) is 6.92 Å².